The first kappa shape index (κ1) is 16.9. The fourth-order valence-electron chi connectivity index (χ4n) is 3.49. The number of aryl methyl sites for hydroxylation is 1. The molecule has 3 aliphatic heterocycles. The van der Waals surface area contributed by atoms with Crippen molar-refractivity contribution < 1.29 is 18.6 Å². The number of hydrogen-bond acceptors (Lipinski definition) is 3. The summed E-state index contributed by atoms with van der Waals surface area (Å²) in [6.07, 6.45) is 3.43. The molecule has 3 nitrogen and oxygen atoms in total. The molecule has 0 amide bonds. The molecule has 0 aromatic heterocycles. The van der Waals surface area contributed by atoms with Crippen LogP contribution in [0, 0.1) is 11.2 Å². The summed E-state index contributed by atoms with van der Waals surface area (Å²) in [7, 11) is 0. The first-order chi connectivity index (χ1) is 11.0. The molecular formula is C19H27FO3. The Bertz CT molecular complexity index is 531. The molecule has 3 heterocycles. The van der Waals surface area contributed by atoms with Gasteiger partial charge >= 0.3 is 0 Å². The molecule has 23 heavy (non-hydrogen) atoms. The van der Waals surface area contributed by atoms with Crippen LogP contribution in [0.25, 0.3) is 0 Å². The Morgan fingerprint density at radius 3 is 2.26 bits per heavy atom. The standard InChI is InChI=1S/C19H27FO3/c1-4-8-18-11-21-19(22-12-18,23-13-18)9-7-15-5-6-16(14(2)3)17(20)10-15/h5-6,10,14H,4,7-9,11-13H2,1-3H3. The van der Waals surface area contributed by atoms with E-state index in [1.807, 2.05) is 26.0 Å². The van der Waals surface area contributed by atoms with E-state index in [-0.39, 0.29) is 17.2 Å². The van der Waals surface area contributed by atoms with Gasteiger partial charge in [0.05, 0.1) is 19.8 Å². The van der Waals surface area contributed by atoms with Gasteiger partial charge in [-0.1, -0.05) is 39.3 Å². The molecule has 3 aliphatic rings. The quantitative estimate of drug-likeness (QED) is 0.777. The van der Waals surface area contributed by atoms with Crippen LogP contribution in [-0.4, -0.2) is 25.8 Å². The van der Waals surface area contributed by atoms with E-state index in [1.54, 1.807) is 6.07 Å². The molecule has 1 aromatic rings. The lowest BCUT2D eigenvalue weighted by Crippen LogP contribution is -2.60. The number of fused-ring (bicyclic) bond motifs is 3. The van der Waals surface area contributed by atoms with Crippen LogP contribution in [0.4, 0.5) is 4.39 Å². The molecule has 2 bridgehead atoms. The zero-order valence-electron chi connectivity index (χ0n) is 14.4. The monoisotopic (exact) mass is 322 g/mol. The minimum Gasteiger partial charge on any atom is -0.327 e. The molecule has 0 atom stereocenters. The van der Waals surface area contributed by atoms with E-state index in [9.17, 15) is 4.39 Å². The summed E-state index contributed by atoms with van der Waals surface area (Å²) in [6, 6.07) is 5.49. The van der Waals surface area contributed by atoms with Gasteiger partial charge < -0.3 is 14.2 Å². The molecular weight excluding hydrogens is 295 g/mol. The largest absolute Gasteiger partial charge is 0.327 e. The lowest BCUT2D eigenvalue weighted by molar-refractivity contribution is -0.470. The van der Waals surface area contributed by atoms with Gasteiger partial charge in [-0.05, 0) is 36.0 Å². The molecule has 4 heteroatoms. The highest BCUT2D eigenvalue weighted by atomic mass is 19.1. The molecule has 3 saturated heterocycles. The summed E-state index contributed by atoms with van der Waals surface area (Å²) < 4.78 is 31.8. The fourth-order valence-corrected chi connectivity index (χ4v) is 3.49. The second kappa shape index (κ2) is 6.50. The van der Waals surface area contributed by atoms with E-state index in [0.29, 0.717) is 32.7 Å². The highest BCUT2D eigenvalue weighted by Gasteiger charge is 2.51. The van der Waals surface area contributed by atoms with Crippen molar-refractivity contribution in [3.05, 3.63) is 35.1 Å². The van der Waals surface area contributed by atoms with Crippen LogP contribution in [-0.2, 0) is 20.6 Å². The Hall–Kier alpha value is -0.970. The van der Waals surface area contributed by atoms with Crippen molar-refractivity contribution in [3.8, 4) is 0 Å². The Morgan fingerprint density at radius 2 is 1.74 bits per heavy atom. The predicted molar refractivity (Wildman–Crippen MR) is 86.7 cm³/mol. The SMILES string of the molecule is CCCC12COC(CCc3ccc(C(C)C)c(F)c3)(OC1)OC2. The highest BCUT2D eigenvalue weighted by Crippen LogP contribution is 2.43. The molecule has 1 aromatic carbocycles. The third-order valence-electron chi connectivity index (χ3n) is 4.98. The molecule has 3 fully saturated rings. The molecule has 0 unspecified atom stereocenters. The average molecular weight is 322 g/mol. The summed E-state index contributed by atoms with van der Waals surface area (Å²) in [6.45, 7) is 8.25. The van der Waals surface area contributed by atoms with Gasteiger partial charge in [-0.25, -0.2) is 4.39 Å². The normalized spacial score (nSPS) is 30.1. The minimum absolute atomic E-state index is 0.0293. The maximum absolute atomic E-state index is 14.1. The summed E-state index contributed by atoms with van der Waals surface area (Å²) in [5.41, 5.74) is 1.74. The highest BCUT2D eigenvalue weighted by molar-refractivity contribution is 5.26. The lowest BCUT2D eigenvalue weighted by Gasteiger charge is -2.52. The first-order valence-electron chi connectivity index (χ1n) is 8.68. The van der Waals surface area contributed by atoms with Crippen molar-refractivity contribution in [2.24, 2.45) is 5.41 Å². The summed E-state index contributed by atoms with van der Waals surface area (Å²) in [4.78, 5) is 0. The summed E-state index contributed by atoms with van der Waals surface area (Å²) >= 11 is 0. The maximum Gasteiger partial charge on any atom is 0.283 e. The number of benzene rings is 1. The Morgan fingerprint density at radius 1 is 1.09 bits per heavy atom. The average Bonchev–Trinajstić information content (AvgIpc) is 2.55. The maximum atomic E-state index is 14.1. The molecule has 128 valence electrons. The van der Waals surface area contributed by atoms with Gasteiger partial charge in [-0.3, -0.25) is 0 Å². The fraction of sp³-hybridized carbons (Fsp3) is 0.684. The van der Waals surface area contributed by atoms with Gasteiger partial charge in [0.1, 0.15) is 5.82 Å². The van der Waals surface area contributed by atoms with Gasteiger partial charge in [-0.2, -0.15) is 0 Å². The molecule has 4 rings (SSSR count). The van der Waals surface area contributed by atoms with Crippen LogP contribution in [0.5, 0.6) is 0 Å². The van der Waals surface area contributed by atoms with Crippen LogP contribution in [0.1, 0.15) is 57.1 Å². The van der Waals surface area contributed by atoms with Crippen LogP contribution >= 0.6 is 0 Å². The van der Waals surface area contributed by atoms with Gasteiger partial charge in [0.25, 0.3) is 5.97 Å². The van der Waals surface area contributed by atoms with Crippen molar-refractivity contribution in [2.75, 3.05) is 19.8 Å². The van der Waals surface area contributed by atoms with E-state index in [0.717, 1.165) is 24.0 Å². The Labute approximate surface area is 138 Å². The van der Waals surface area contributed by atoms with E-state index < -0.39 is 5.97 Å². The van der Waals surface area contributed by atoms with Crippen molar-refractivity contribution in [3.63, 3.8) is 0 Å². The van der Waals surface area contributed by atoms with E-state index >= 15 is 0 Å². The van der Waals surface area contributed by atoms with Crippen molar-refractivity contribution >= 4 is 0 Å². The second-order valence-electron chi connectivity index (χ2n) is 7.31. The molecule has 0 aliphatic carbocycles. The second-order valence-corrected chi connectivity index (χ2v) is 7.31. The lowest BCUT2D eigenvalue weighted by atomic mass is 9.84. The van der Waals surface area contributed by atoms with Gasteiger partial charge in [0.15, 0.2) is 0 Å². The zero-order chi connectivity index (χ0) is 16.5. The number of hydrogen-bond donors (Lipinski definition) is 0. The zero-order valence-corrected chi connectivity index (χ0v) is 14.4. The topological polar surface area (TPSA) is 27.7 Å². The number of halogens is 1. The van der Waals surface area contributed by atoms with Gasteiger partial charge in [0.2, 0.25) is 0 Å². The van der Waals surface area contributed by atoms with E-state index in [2.05, 4.69) is 6.92 Å². The third-order valence-corrected chi connectivity index (χ3v) is 4.98. The van der Waals surface area contributed by atoms with Crippen LogP contribution in [0.3, 0.4) is 0 Å². The Balaban J connectivity index is 1.60. The number of rotatable bonds is 6. The molecule has 0 N–H and O–H groups in total. The van der Waals surface area contributed by atoms with E-state index in [4.69, 9.17) is 14.2 Å². The minimum atomic E-state index is -0.928. The van der Waals surface area contributed by atoms with Crippen LogP contribution in [0.2, 0.25) is 0 Å². The molecule has 0 radical (unpaired) electrons. The van der Waals surface area contributed by atoms with Crippen molar-refractivity contribution in [1.29, 1.82) is 0 Å². The summed E-state index contributed by atoms with van der Waals surface area (Å²) in [5, 5.41) is 0. The third kappa shape index (κ3) is 3.44. The van der Waals surface area contributed by atoms with E-state index in [1.165, 1.54) is 0 Å². The summed E-state index contributed by atoms with van der Waals surface area (Å²) in [5.74, 6) is -0.865. The molecule has 0 saturated carbocycles. The Kier molecular flexibility index (Phi) is 4.77. The number of ether oxygens (including phenoxy) is 3. The van der Waals surface area contributed by atoms with Crippen molar-refractivity contribution in [1.82, 2.24) is 0 Å². The van der Waals surface area contributed by atoms with Crippen LogP contribution in [0.15, 0.2) is 18.2 Å². The van der Waals surface area contributed by atoms with Gasteiger partial charge in [0, 0.05) is 11.8 Å². The van der Waals surface area contributed by atoms with Crippen molar-refractivity contribution in [2.45, 2.75) is 58.3 Å². The van der Waals surface area contributed by atoms with Gasteiger partial charge in [-0.15, -0.1) is 0 Å². The van der Waals surface area contributed by atoms with Crippen LogP contribution < -0.4 is 0 Å². The smallest absolute Gasteiger partial charge is 0.283 e. The predicted octanol–water partition coefficient (Wildman–Crippen LogP) is 4.40. The molecule has 0 spiro atoms. The first-order valence-corrected chi connectivity index (χ1v) is 8.68.